The zero-order valence-corrected chi connectivity index (χ0v) is 29.2. The number of hydrogen-bond donors (Lipinski definition) is 9. The summed E-state index contributed by atoms with van der Waals surface area (Å²) in [6.07, 6.45) is 2.17. The number of nitrogens with zero attached hydrogens (tertiary/aromatic N) is 3. The first-order valence-electron chi connectivity index (χ1n) is 14.9. The van der Waals surface area contributed by atoms with Gasteiger partial charge in [0.1, 0.15) is 0 Å². The van der Waals surface area contributed by atoms with Gasteiger partial charge >= 0.3 is 18.1 Å². The first-order chi connectivity index (χ1) is 24.1. The molecule has 0 aliphatic heterocycles. The number of aryl methyl sites for hydroxylation is 1. The standard InChI is InChI=1S/C30H36N12O7S2/c1-19-4-6-20(7-5-19)37-40-28(43)31-16-25-34-26(17-32-29(44)41-38-21-8-12-23(13-9-21)50(2,46)47)36-27(35-25)18-33-30(45)42-39-22-10-14-24(15-11-22)51(3,48)49/h4-15,37-39H,16-18H2,1-3H3,(H2,31,40,43)(H2,32,41,44)(H2,33,42,45). The van der Waals surface area contributed by atoms with E-state index in [2.05, 4.69) is 63.5 Å². The van der Waals surface area contributed by atoms with Crippen molar-refractivity contribution in [2.45, 2.75) is 36.3 Å². The third-order valence-electron chi connectivity index (χ3n) is 6.57. The van der Waals surface area contributed by atoms with E-state index in [4.69, 9.17) is 0 Å². The topological polar surface area (TPSA) is 266 Å². The molecule has 6 amide bonds. The van der Waals surface area contributed by atoms with Gasteiger partial charge in [-0.05, 0) is 67.6 Å². The third kappa shape index (κ3) is 12.6. The van der Waals surface area contributed by atoms with E-state index in [-0.39, 0.29) is 46.9 Å². The fourth-order valence-electron chi connectivity index (χ4n) is 3.96. The molecule has 270 valence electrons. The van der Waals surface area contributed by atoms with Crippen LogP contribution in [-0.2, 0) is 39.3 Å². The minimum Gasteiger partial charge on any atom is -0.329 e. The Balaban J connectivity index is 1.34. The number of hydrazine groups is 3. The van der Waals surface area contributed by atoms with Crippen molar-refractivity contribution in [3.8, 4) is 0 Å². The number of carbonyl (C=O) groups is 3. The second-order valence-corrected chi connectivity index (χ2v) is 14.9. The molecular formula is C30H36N12O7S2. The zero-order chi connectivity index (χ0) is 37.0. The van der Waals surface area contributed by atoms with Crippen LogP contribution in [0.25, 0.3) is 0 Å². The van der Waals surface area contributed by atoms with Crippen LogP contribution in [0.15, 0.2) is 82.6 Å². The molecule has 3 aromatic carbocycles. The highest BCUT2D eigenvalue weighted by molar-refractivity contribution is 7.91. The van der Waals surface area contributed by atoms with Gasteiger partial charge in [0.25, 0.3) is 0 Å². The van der Waals surface area contributed by atoms with Crippen molar-refractivity contribution in [1.29, 1.82) is 0 Å². The van der Waals surface area contributed by atoms with Gasteiger partial charge < -0.3 is 16.0 Å². The van der Waals surface area contributed by atoms with Gasteiger partial charge in [-0.2, -0.15) is 0 Å². The summed E-state index contributed by atoms with van der Waals surface area (Å²) in [5, 5.41) is 7.74. The number of aromatic nitrogens is 3. The number of benzene rings is 3. The number of urea groups is 3. The van der Waals surface area contributed by atoms with Crippen LogP contribution in [0.1, 0.15) is 23.0 Å². The molecule has 0 unspecified atom stereocenters. The predicted molar refractivity (Wildman–Crippen MR) is 187 cm³/mol. The van der Waals surface area contributed by atoms with Gasteiger partial charge in [0, 0.05) is 12.5 Å². The van der Waals surface area contributed by atoms with Gasteiger partial charge in [-0.15, -0.1) is 0 Å². The second-order valence-electron chi connectivity index (χ2n) is 10.8. The summed E-state index contributed by atoms with van der Waals surface area (Å²) in [4.78, 5) is 50.4. The molecule has 0 saturated carbocycles. The molecule has 0 saturated heterocycles. The highest BCUT2D eigenvalue weighted by Gasteiger charge is 2.12. The molecule has 0 radical (unpaired) electrons. The Kier molecular flexibility index (Phi) is 12.5. The Hall–Kier alpha value is -6.22. The normalized spacial score (nSPS) is 11.0. The van der Waals surface area contributed by atoms with Crippen LogP contribution in [0, 0.1) is 6.92 Å². The second kappa shape index (κ2) is 16.9. The Labute approximate surface area is 293 Å². The molecule has 0 bridgehead atoms. The SMILES string of the molecule is Cc1ccc(NNC(=O)NCc2nc(CNC(=O)NNc3ccc(S(C)(=O)=O)cc3)nc(CNC(=O)NNc3ccc(S(C)(=O)=O)cc3)n2)cc1. The van der Waals surface area contributed by atoms with Gasteiger partial charge in [-0.3, -0.25) is 32.6 Å². The highest BCUT2D eigenvalue weighted by atomic mass is 32.2. The molecule has 4 aromatic rings. The van der Waals surface area contributed by atoms with Crippen molar-refractivity contribution < 1.29 is 31.2 Å². The number of carbonyl (C=O) groups excluding carboxylic acids is 3. The number of nitrogens with one attached hydrogen (secondary N) is 9. The van der Waals surface area contributed by atoms with Crippen molar-refractivity contribution in [2.24, 2.45) is 0 Å². The summed E-state index contributed by atoms with van der Waals surface area (Å²) < 4.78 is 46.6. The molecule has 0 atom stereocenters. The highest BCUT2D eigenvalue weighted by Crippen LogP contribution is 2.14. The molecule has 4 rings (SSSR count). The Morgan fingerprint density at radius 2 is 0.765 bits per heavy atom. The minimum absolute atomic E-state index is 0.106. The molecule has 1 aromatic heterocycles. The summed E-state index contributed by atoms with van der Waals surface area (Å²) in [6, 6.07) is 16.9. The molecule has 0 spiro atoms. The van der Waals surface area contributed by atoms with Gasteiger partial charge in [-0.25, -0.2) is 46.2 Å². The van der Waals surface area contributed by atoms with Gasteiger partial charge in [-0.1, -0.05) is 17.7 Å². The summed E-state index contributed by atoms with van der Waals surface area (Å²) in [6.45, 7) is 1.44. The molecular weight excluding hydrogens is 705 g/mol. The summed E-state index contributed by atoms with van der Waals surface area (Å²) in [7, 11) is -6.75. The van der Waals surface area contributed by atoms with E-state index in [1.54, 1.807) is 12.1 Å². The third-order valence-corrected chi connectivity index (χ3v) is 8.83. The van der Waals surface area contributed by atoms with Crippen molar-refractivity contribution in [2.75, 3.05) is 28.8 Å². The van der Waals surface area contributed by atoms with E-state index in [9.17, 15) is 31.2 Å². The summed E-state index contributed by atoms with van der Waals surface area (Å²) in [5.41, 5.74) is 18.0. The van der Waals surface area contributed by atoms with E-state index >= 15 is 0 Å². The zero-order valence-electron chi connectivity index (χ0n) is 27.6. The lowest BCUT2D eigenvalue weighted by atomic mass is 10.2. The first-order valence-corrected chi connectivity index (χ1v) is 18.7. The van der Waals surface area contributed by atoms with E-state index < -0.39 is 37.8 Å². The average Bonchev–Trinajstić information content (AvgIpc) is 3.10. The van der Waals surface area contributed by atoms with Crippen LogP contribution >= 0.6 is 0 Å². The van der Waals surface area contributed by atoms with Crippen molar-refractivity contribution in [1.82, 2.24) is 47.2 Å². The predicted octanol–water partition coefficient (Wildman–Crippen LogP) is 1.47. The first kappa shape index (κ1) is 37.6. The van der Waals surface area contributed by atoms with Crippen LogP contribution in [-0.4, -0.2) is 62.4 Å². The molecule has 0 aliphatic carbocycles. The number of amides is 6. The monoisotopic (exact) mass is 740 g/mol. The number of rotatable bonds is 14. The lowest BCUT2D eigenvalue weighted by Crippen LogP contribution is -2.40. The van der Waals surface area contributed by atoms with Crippen LogP contribution in [0.4, 0.5) is 31.4 Å². The largest absolute Gasteiger partial charge is 0.333 e. The maximum absolute atomic E-state index is 12.5. The van der Waals surface area contributed by atoms with Crippen molar-refractivity contribution in [3.05, 3.63) is 95.8 Å². The van der Waals surface area contributed by atoms with Crippen molar-refractivity contribution in [3.63, 3.8) is 0 Å². The van der Waals surface area contributed by atoms with Gasteiger partial charge in [0.05, 0.1) is 46.5 Å². The van der Waals surface area contributed by atoms with E-state index in [0.717, 1.165) is 18.1 Å². The molecule has 1 heterocycles. The van der Waals surface area contributed by atoms with Gasteiger partial charge in [0.15, 0.2) is 37.1 Å². The molecule has 9 N–H and O–H groups in total. The molecule has 0 aliphatic rings. The smallest absolute Gasteiger partial charge is 0.329 e. The van der Waals surface area contributed by atoms with E-state index in [1.807, 2.05) is 19.1 Å². The van der Waals surface area contributed by atoms with Crippen LogP contribution in [0.2, 0.25) is 0 Å². The number of anilines is 3. The van der Waals surface area contributed by atoms with Crippen LogP contribution < -0.4 is 48.5 Å². The quantitative estimate of drug-likeness (QED) is 0.0831. The van der Waals surface area contributed by atoms with E-state index in [1.165, 1.54) is 48.5 Å². The average molecular weight is 741 g/mol. The fourth-order valence-corrected chi connectivity index (χ4v) is 5.23. The molecule has 0 fully saturated rings. The number of sulfone groups is 2. The molecule has 19 nitrogen and oxygen atoms in total. The fraction of sp³-hybridized carbons (Fsp3) is 0.200. The van der Waals surface area contributed by atoms with Crippen molar-refractivity contribution >= 4 is 54.8 Å². The Bertz CT molecular complexity index is 1950. The number of hydrogen-bond acceptors (Lipinski definition) is 13. The van der Waals surface area contributed by atoms with Crippen LogP contribution in [0.5, 0.6) is 0 Å². The van der Waals surface area contributed by atoms with Crippen LogP contribution in [0.3, 0.4) is 0 Å². The lowest BCUT2D eigenvalue weighted by molar-refractivity contribution is 0.241. The Morgan fingerprint density at radius 1 is 0.490 bits per heavy atom. The molecule has 21 heteroatoms. The maximum Gasteiger partial charge on any atom is 0.333 e. The molecule has 51 heavy (non-hydrogen) atoms. The van der Waals surface area contributed by atoms with Gasteiger partial charge in [0.2, 0.25) is 0 Å². The van der Waals surface area contributed by atoms with E-state index in [0.29, 0.717) is 17.1 Å². The Morgan fingerprint density at radius 3 is 1.04 bits per heavy atom. The summed E-state index contributed by atoms with van der Waals surface area (Å²) >= 11 is 0. The minimum atomic E-state index is -3.37. The lowest BCUT2D eigenvalue weighted by Gasteiger charge is -2.13. The summed E-state index contributed by atoms with van der Waals surface area (Å²) in [5.74, 6) is 0.334. The maximum atomic E-state index is 12.5.